The molecule has 1 saturated heterocycles. The van der Waals surface area contributed by atoms with Gasteiger partial charge < -0.3 is 5.32 Å². The van der Waals surface area contributed by atoms with Gasteiger partial charge in [0.25, 0.3) is 0 Å². The summed E-state index contributed by atoms with van der Waals surface area (Å²) in [7, 11) is 0. The van der Waals surface area contributed by atoms with Crippen LogP contribution < -0.4 is 10.6 Å². The summed E-state index contributed by atoms with van der Waals surface area (Å²) in [5.41, 5.74) is 1.64. The maximum Gasteiger partial charge on any atom is 0.248 e. The summed E-state index contributed by atoms with van der Waals surface area (Å²) >= 11 is 1.57. The van der Waals surface area contributed by atoms with Gasteiger partial charge in [-0.15, -0.1) is 11.3 Å². The van der Waals surface area contributed by atoms with E-state index in [2.05, 4.69) is 10.6 Å². The predicted molar refractivity (Wildman–Crippen MR) is 93.4 cm³/mol. The number of hydrogen-bond acceptors (Lipinski definition) is 4. The topological polar surface area (TPSA) is 75.3 Å². The predicted octanol–water partition coefficient (Wildman–Crippen LogP) is 2.61. The fourth-order valence-corrected chi connectivity index (χ4v) is 3.13. The summed E-state index contributed by atoms with van der Waals surface area (Å²) in [5.74, 6) is -0.925. The van der Waals surface area contributed by atoms with Crippen molar-refractivity contribution in [3.63, 3.8) is 0 Å². The summed E-state index contributed by atoms with van der Waals surface area (Å²) in [6, 6.07) is 11.2. The lowest BCUT2D eigenvalue weighted by molar-refractivity contribution is -0.125. The van der Waals surface area contributed by atoms with Gasteiger partial charge in [0, 0.05) is 23.1 Å². The Balaban J connectivity index is 1.55. The first-order valence-electron chi connectivity index (χ1n) is 7.55. The highest BCUT2D eigenvalue weighted by atomic mass is 32.1. The highest BCUT2D eigenvalue weighted by Gasteiger charge is 2.30. The Morgan fingerprint density at radius 1 is 1.25 bits per heavy atom. The number of thiophene rings is 1. The number of amides is 3. The number of imide groups is 1. The third-order valence-electron chi connectivity index (χ3n) is 3.71. The molecule has 1 aromatic carbocycles. The fourth-order valence-electron chi connectivity index (χ4n) is 2.51. The van der Waals surface area contributed by atoms with Gasteiger partial charge in [-0.25, -0.2) is 0 Å². The molecule has 1 aliphatic rings. The van der Waals surface area contributed by atoms with E-state index in [1.54, 1.807) is 29.5 Å². The van der Waals surface area contributed by atoms with E-state index in [9.17, 15) is 14.4 Å². The van der Waals surface area contributed by atoms with Crippen molar-refractivity contribution in [1.82, 2.24) is 5.32 Å². The summed E-state index contributed by atoms with van der Waals surface area (Å²) in [4.78, 5) is 35.7. The van der Waals surface area contributed by atoms with Gasteiger partial charge in [-0.3, -0.25) is 19.7 Å². The molecule has 6 heteroatoms. The minimum absolute atomic E-state index is 0.197. The number of rotatable bonds is 5. The second kappa shape index (κ2) is 7.23. The first-order valence-corrected chi connectivity index (χ1v) is 8.43. The van der Waals surface area contributed by atoms with Crippen LogP contribution in [0.3, 0.4) is 0 Å². The largest absolute Gasteiger partial charge is 0.323 e. The molecule has 5 nitrogen and oxygen atoms in total. The average Bonchev–Trinajstić information content (AvgIpc) is 3.17. The third kappa shape index (κ3) is 4.17. The first kappa shape index (κ1) is 16.1. The van der Waals surface area contributed by atoms with Gasteiger partial charge in [-0.2, -0.15) is 0 Å². The Hall–Kier alpha value is -2.73. The highest BCUT2D eigenvalue weighted by Crippen LogP contribution is 2.19. The Bertz CT molecular complexity index is 779. The molecule has 1 fully saturated rings. The maximum absolute atomic E-state index is 11.9. The third-order valence-corrected chi connectivity index (χ3v) is 4.55. The molecule has 1 atom stereocenters. The molecule has 3 rings (SSSR count). The zero-order valence-corrected chi connectivity index (χ0v) is 13.6. The zero-order valence-electron chi connectivity index (χ0n) is 12.8. The van der Waals surface area contributed by atoms with E-state index in [1.165, 1.54) is 6.08 Å². The van der Waals surface area contributed by atoms with E-state index in [0.29, 0.717) is 12.1 Å². The molecular formula is C18H16N2O3S. The molecule has 1 aliphatic heterocycles. The molecular weight excluding hydrogens is 324 g/mol. The van der Waals surface area contributed by atoms with Crippen LogP contribution in [0, 0.1) is 5.92 Å². The van der Waals surface area contributed by atoms with E-state index in [4.69, 9.17) is 0 Å². The van der Waals surface area contributed by atoms with Gasteiger partial charge in [-0.05, 0) is 41.6 Å². The molecule has 2 heterocycles. The van der Waals surface area contributed by atoms with Crippen molar-refractivity contribution in [2.45, 2.75) is 12.8 Å². The van der Waals surface area contributed by atoms with E-state index >= 15 is 0 Å². The standard InChI is InChI=1S/C18H16N2O3S/c21-16(8-7-15-2-1-9-24-15)19-14-5-3-12(4-6-14)10-13-11-17(22)20-18(13)23/h1-9,13H,10-11H2,(H,19,21)(H,20,22,23)/b8-7-/t13-/m0/s1. The quantitative estimate of drug-likeness (QED) is 0.649. The van der Waals surface area contributed by atoms with Crippen LogP contribution in [0.2, 0.25) is 0 Å². The molecule has 0 spiro atoms. The van der Waals surface area contributed by atoms with Crippen molar-refractivity contribution in [2.75, 3.05) is 5.32 Å². The number of carbonyl (C=O) groups excluding carboxylic acids is 3. The van der Waals surface area contributed by atoms with Gasteiger partial charge in [-0.1, -0.05) is 18.2 Å². The Morgan fingerprint density at radius 2 is 2.04 bits per heavy atom. The lowest BCUT2D eigenvalue weighted by Crippen LogP contribution is -2.22. The Kier molecular flexibility index (Phi) is 4.86. The minimum Gasteiger partial charge on any atom is -0.323 e. The molecule has 3 amide bonds. The van der Waals surface area contributed by atoms with Crippen molar-refractivity contribution < 1.29 is 14.4 Å². The lowest BCUT2D eigenvalue weighted by Gasteiger charge is -2.07. The van der Waals surface area contributed by atoms with Crippen LogP contribution in [0.5, 0.6) is 0 Å². The van der Waals surface area contributed by atoms with Crippen molar-refractivity contribution in [3.05, 3.63) is 58.3 Å². The first-order chi connectivity index (χ1) is 11.6. The highest BCUT2D eigenvalue weighted by molar-refractivity contribution is 7.10. The lowest BCUT2D eigenvalue weighted by atomic mass is 9.98. The SMILES string of the molecule is O=C(/C=C\c1cccs1)Nc1ccc(C[C@H]2CC(=O)NC2=O)cc1. The summed E-state index contributed by atoms with van der Waals surface area (Å²) in [5, 5.41) is 7.05. The van der Waals surface area contributed by atoms with Crippen LogP contribution in [-0.4, -0.2) is 17.7 Å². The zero-order chi connectivity index (χ0) is 16.9. The van der Waals surface area contributed by atoms with Crippen molar-refractivity contribution in [1.29, 1.82) is 0 Å². The van der Waals surface area contributed by atoms with Crippen LogP contribution >= 0.6 is 11.3 Å². The number of nitrogens with one attached hydrogen (secondary N) is 2. The molecule has 122 valence electrons. The van der Waals surface area contributed by atoms with E-state index < -0.39 is 0 Å². The van der Waals surface area contributed by atoms with Crippen molar-refractivity contribution in [3.8, 4) is 0 Å². The molecule has 0 bridgehead atoms. The van der Waals surface area contributed by atoms with E-state index in [0.717, 1.165) is 10.4 Å². The van der Waals surface area contributed by atoms with Crippen LogP contribution in [0.15, 0.2) is 47.9 Å². The second-order valence-corrected chi connectivity index (χ2v) is 6.53. The summed E-state index contributed by atoms with van der Waals surface area (Å²) < 4.78 is 0. The average molecular weight is 340 g/mol. The number of carbonyl (C=O) groups is 3. The molecule has 24 heavy (non-hydrogen) atoms. The van der Waals surface area contributed by atoms with E-state index in [-0.39, 0.29) is 30.1 Å². The van der Waals surface area contributed by atoms with Crippen LogP contribution in [0.1, 0.15) is 16.9 Å². The van der Waals surface area contributed by atoms with Gasteiger partial charge in [0.1, 0.15) is 0 Å². The maximum atomic E-state index is 11.9. The molecule has 0 radical (unpaired) electrons. The van der Waals surface area contributed by atoms with Gasteiger partial charge in [0.05, 0.1) is 5.92 Å². The van der Waals surface area contributed by atoms with Gasteiger partial charge in [0.15, 0.2) is 0 Å². The monoisotopic (exact) mass is 340 g/mol. The van der Waals surface area contributed by atoms with Gasteiger partial charge >= 0.3 is 0 Å². The molecule has 0 unspecified atom stereocenters. The molecule has 2 N–H and O–H groups in total. The van der Waals surface area contributed by atoms with Crippen LogP contribution in [0.4, 0.5) is 5.69 Å². The smallest absolute Gasteiger partial charge is 0.248 e. The fraction of sp³-hybridized carbons (Fsp3) is 0.167. The number of anilines is 1. The van der Waals surface area contributed by atoms with E-state index in [1.807, 2.05) is 29.6 Å². The number of hydrogen-bond donors (Lipinski definition) is 2. The van der Waals surface area contributed by atoms with Gasteiger partial charge in [0.2, 0.25) is 17.7 Å². The molecule has 0 aliphatic carbocycles. The normalized spacial score (nSPS) is 17.2. The summed E-state index contributed by atoms with van der Waals surface area (Å²) in [6.07, 6.45) is 4.02. The van der Waals surface area contributed by atoms with Crippen LogP contribution in [0.25, 0.3) is 6.08 Å². The number of benzene rings is 1. The Labute approximate surface area is 143 Å². The Morgan fingerprint density at radius 3 is 2.67 bits per heavy atom. The van der Waals surface area contributed by atoms with Crippen molar-refractivity contribution >= 4 is 40.8 Å². The molecule has 0 saturated carbocycles. The summed E-state index contributed by atoms with van der Waals surface area (Å²) in [6.45, 7) is 0. The van der Waals surface area contributed by atoms with Crippen molar-refractivity contribution in [2.24, 2.45) is 5.92 Å². The van der Waals surface area contributed by atoms with Crippen LogP contribution in [-0.2, 0) is 20.8 Å². The second-order valence-electron chi connectivity index (χ2n) is 5.55. The molecule has 1 aromatic heterocycles. The molecule has 2 aromatic rings. The minimum atomic E-state index is -0.299.